The third-order valence-corrected chi connectivity index (χ3v) is 5.55. The lowest BCUT2D eigenvalue weighted by Crippen LogP contribution is -2.05. The summed E-state index contributed by atoms with van der Waals surface area (Å²) in [4.78, 5) is 9.48. The van der Waals surface area contributed by atoms with Gasteiger partial charge < -0.3 is 15.8 Å². The molecule has 5 aromatic rings. The molecule has 3 N–H and O–H groups in total. The number of nitrogens with two attached hydrogens (primary N) is 1. The fraction of sp³-hybridized carbons (Fsp3) is 0.0800. The van der Waals surface area contributed by atoms with E-state index in [4.69, 9.17) is 27.1 Å². The van der Waals surface area contributed by atoms with Gasteiger partial charge in [0, 0.05) is 17.1 Å². The predicted octanol–water partition coefficient (Wildman–Crippen LogP) is 5.34. The molecule has 2 heterocycles. The molecule has 0 bridgehead atoms. The van der Waals surface area contributed by atoms with Gasteiger partial charge >= 0.3 is 0 Å². The Labute approximate surface area is 195 Å². The summed E-state index contributed by atoms with van der Waals surface area (Å²) in [6.07, 6.45) is 0. The fourth-order valence-electron chi connectivity index (χ4n) is 3.68. The summed E-state index contributed by atoms with van der Waals surface area (Å²) >= 11 is 6.06. The van der Waals surface area contributed by atoms with Crippen molar-refractivity contribution in [2.75, 3.05) is 18.2 Å². The van der Waals surface area contributed by atoms with Crippen molar-refractivity contribution in [2.24, 2.45) is 0 Å². The summed E-state index contributed by atoms with van der Waals surface area (Å²) in [6.45, 7) is 0.574. The van der Waals surface area contributed by atoms with Crippen molar-refractivity contribution in [1.82, 2.24) is 19.7 Å². The second-order valence-electron chi connectivity index (χ2n) is 7.41. The van der Waals surface area contributed by atoms with Gasteiger partial charge in [0.15, 0.2) is 5.65 Å². The van der Waals surface area contributed by atoms with E-state index in [1.54, 1.807) is 23.9 Å². The third-order valence-electron chi connectivity index (χ3n) is 5.30. The average Bonchev–Trinajstić information content (AvgIpc) is 3.19. The number of aromatic nitrogens is 4. The lowest BCUT2D eigenvalue weighted by Gasteiger charge is -2.11. The van der Waals surface area contributed by atoms with E-state index >= 15 is 0 Å². The van der Waals surface area contributed by atoms with Crippen LogP contribution in [0.5, 0.6) is 5.75 Å². The lowest BCUT2D eigenvalue weighted by atomic mass is 10.1. The highest BCUT2D eigenvalue weighted by molar-refractivity contribution is 6.30. The lowest BCUT2D eigenvalue weighted by molar-refractivity contribution is 0.416. The van der Waals surface area contributed by atoms with Gasteiger partial charge in [-0.2, -0.15) is 4.98 Å². The smallest absolute Gasteiger partial charge is 0.225 e. The number of anilines is 2. The number of rotatable bonds is 6. The molecule has 0 amide bonds. The molecule has 3 aromatic carbocycles. The van der Waals surface area contributed by atoms with Crippen molar-refractivity contribution in [2.45, 2.75) is 6.54 Å². The van der Waals surface area contributed by atoms with Crippen molar-refractivity contribution in [1.29, 1.82) is 0 Å². The van der Waals surface area contributed by atoms with E-state index in [-0.39, 0.29) is 0 Å². The Hall–Kier alpha value is -4.10. The Bertz CT molecular complexity index is 1420. The number of hydrogen-bond acceptors (Lipinski definition) is 6. The van der Waals surface area contributed by atoms with Crippen molar-refractivity contribution in [3.63, 3.8) is 0 Å². The molecule has 0 saturated heterocycles. The van der Waals surface area contributed by atoms with E-state index in [9.17, 15) is 0 Å². The predicted molar refractivity (Wildman–Crippen MR) is 132 cm³/mol. The molecular weight excluding hydrogens is 436 g/mol. The van der Waals surface area contributed by atoms with Gasteiger partial charge in [0.1, 0.15) is 11.6 Å². The van der Waals surface area contributed by atoms with Crippen LogP contribution in [0.1, 0.15) is 5.56 Å². The number of benzene rings is 3. The molecule has 7 nitrogen and oxygen atoms in total. The number of para-hydroxylation sites is 1. The first-order valence-electron chi connectivity index (χ1n) is 10.4. The van der Waals surface area contributed by atoms with Crippen LogP contribution in [0.2, 0.25) is 5.02 Å². The second kappa shape index (κ2) is 8.80. The van der Waals surface area contributed by atoms with Crippen molar-refractivity contribution < 1.29 is 4.74 Å². The van der Waals surface area contributed by atoms with Crippen LogP contribution in [0.25, 0.3) is 28.0 Å². The van der Waals surface area contributed by atoms with Crippen LogP contribution in [0, 0.1) is 0 Å². The summed E-state index contributed by atoms with van der Waals surface area (Å²) in [5.41, 5.74) is 10.4. The Kier molecular flexibility index (Phi) is 5.54. The first kappa shape index (κ1) is 20.8. The summed E-state index contributed by atoms with van der Waals surface area (Å²) in [6, 6.07) is 25.0. The minimum Gasteiger partial charge on any atom is -0.496 e. The van der Waals surface area contributed by atoms with E-state index in [1.807, 2.05) is 66.7 Å². The van der Waals surface area contributed by atoms with Gasteiger partial charge in [-0.25, -0.2) is 9.67 Å². The minimum absolute atomic E-state index is 0.433. The third kappa shape index (κ3) is 4.06. The quantitative estimate of drug-likeness (QED) is 0.358. The maximum absolute atomic E-state index is 6.58. The number of fused-ring (bicyclic) bond motifs is 1. The average molecular weight is 457 g/mol. The summed E-state index contributed by atoms with van der Waals surface area (Å²) in [7, 11) is 1.63. The Morgan fingerprint density at radius 1 is 0.939 bits per heavy atom. The maximum atomic E-state index is 6.58. The van der Waals surface area contributed by atoms with E-state index in [0.29, 0.717) is 45.8 Å². The molecule has 0 aliphatic carbocycles. The molecule has 0 aliphatic rings. The molecule has 33 heavy (non-hydrogen) atoms. The van der Waals surface area contributed by atoms with Gasteiger partial charge in [-0.05, 0) is 42.0 Å². The van der Waals surface area contributed by atoms with Crippen LogP contribution in [0.3, 0.4) is 0 Å². The highest BCUT2D eigenvalue weighted by atomic mass is 35.5. The number of hydrogen-bond donors (Lipinski definition) is 2. The molecule has 0 radical (unpaired) electrons. The highest BCUT2D eigenvalue weighted by Crippen LogP contribution is 2.37. The molecule has 5 rings (SSSR count). The van der Waals surface area contributed by atoms with Crippen LogP contribution in [-0.4, -0.2) is 26.9 Å². The molecule has 0 spiro atoms. The van der Waals surface area contributed by atoms with E-state index in [0.717, 1.165) is 16.8 Å². The van der Waals surface area contributed by atoms with Crippen LogP contribution < -0.4 is 15.8 Å². The Morgan fingerprint density at radius 2 is 1.67 bits per heavy atom. The molecule has 0 aliphatic heterocycles. The number of nitrogens with zero attached hydrogens (tertiary/aromatic N) is 4. The standard InChI is InChI=1S/C25H21ClN6O/c1-33-20-10-6-5-9-19(20)22-21-23(27)32(18-13-11-17(26)12-14-18)31-24(21)30-25(29-22)28-15-16-7-3-2-4-8-16/h2-14H,15,27H2,1H3,(H,28,30,31). The van der Waals surface area contributed by atoms with Crippen LogP contribution in [0.4, 0.5) is 11.8 Å². The first-order valence-corrected chi connectivity index (χ1v) is 10.7. The summed E-state index contributed by atoms with van der Waals surface area (Å²) < 4.78 is 7.25. The summed E-state index contributed by atoms with van der Waals surface area (Å²) in [5, 5.41) is 9.28. The van der Waals surface area contributed by atoms with Crippen molar-refractivity contribution >= 4 is 34.4 Å². The van der Waals surface area contributed by atoms with E-state index in [1.165, 1.54) is 0 Å². The van der Waals surface area contributed by atoms with Gasteiger partial charge in [-0.1, -0.05) is 54.1 Å². The molecule has 164 valence electrons. The fourth-order valence-corrected chi connectivity index (χ4v) is 3.81. The van der Waals surface area contributed by atoms with E-state index in [2.05, 4.69) is 15.4 Å². The molecule has 8 heteroatoms. The zero-order valence-electron chi connectivity index (χ0n) is 17.9. The highest BCUT2D eigenvalue weighted by Gasteiger charge is 2.21. The van der Waals surface area contributed by atoms with Crippen LogP contribution in [0.15, 0.2) is 78.9 Å². The molecule has 0 fully saturated rings. The number of nitrogen functional groups attached to an aromatic ring is 1. The minimum atomic E-state index is 0.433. The SMILES string of the molecule is COc1ccccc1-c1nc(NCc2ccccc2)nc2nn(-c3ccc(Cl)cc3)c(N)c12. The topological polar surface area (TPSA) is 90.9 Å². The Balaban J connectivity index is 1.67. The van der Waals surface area contributed by atoms with Gasteiger partial charge in [-0.3, -0.25) is 0 Å². The zero-order valence-corrected chi connectivity index (χ0v) is 18.6. The zero-order chi connectivity index (χ0) is 22.8. The molecule has 0 unspecified atom stereocenters. The molecule has 0 saturated carbocycles. The van der Waals surface area contributed by atoms with Gasteiger partial charge in [0.2, 0.25) is 5.95 Å². The van der Waals surface area contributed by atoms with E-state index < -0.39 is 0 Å². The monoisotopic (exact) mass is 456 g/mol. The van der Waals surface area contributed by atoms with Gasteiger partial charge in [0.05, 0.1) is 23.9 Å². The first-order chi connectivity index (χ1) is 16.1. The maximum Gasteiger partial charge on any atom is 0.225 e. The van der Waals surface area contributed by atoms with Crippen molar-refractivity contribution in [3.05, 3.63) is 89.4 Å². The Morgan fingerprint density at radius 3 is 2.42 bits per heavy atom. The van der Waals surface area contributed by atoms with Gasteiger partial charge in [0.25, 0.3) is 0 Å². The molecular formula is C25H21ClN6O. The molecule has 2 aromatic heterocycles. The van der Waals surface area contributed by atoms with Crippen LogP contribution >= 0.6 is 11.6 Å². The van der Waals surface area contributed by atoms with Gasteiger partial charge in [-0.15, -0.1) is 5.10 Å². The number of methoxy groups -OCH3 is 1. The number of ether oxygens (including phenoxy) is 1. The largest absolute Gasteiger partial charge is 0.496 e. The van der Waals surface area contributed by atoms with Crippen LogP contribution in [-0.2, 0) is 6.54 Å². The summed E-state index contributed by atoms with van der Waals surface area (Å²) in [5.74, 6) is 1.57. The molecule has 0 atom stereocenters. The van der Waals surface area contributed by atoms with Crippen molar-refractivity contribution in [3.8, 4) is 22.7 Å². The number of nitrogens with one attached hydrogen (secondary N) is 1. The number of halogens is 1. The normalized spacial score (nSPS) is 11.0. The second-order valence-corrected chi connectivity index (χ2v) is 7.84.